The Bertz CT molecular complexity index is 198. The molecule has 0 radical (unpaired) electrons. The zero-order valence-electron chi connectivity index (χ0n) is 7.04. The molecular weight excluding hydrogens is 158 g/mol. The van der Waals surface area contributed by atoms with E-state index in [2.05, 4.69) is 5.32 Å². The first-order chi connectivity index (χ1) is 5.59. The monoisotopic (exact) mass is 171 g/mol. The average molecular weight is 171 g/mol. The second-order valence-electron chi connectivity index (χ2n) is 3.20. The third kappa shape index (κ3) is 3.00. The minimum absolute atomic E-state index is 0.0932. The number of aliphatic carboxylic acids is 1. The molecule has 0 spiro atoms. The van der Waals surface area contributed by atoms with Crippen LogP contribution in [0.1, 0.15) is 26.2 Å². The second kappa shape index (κ2) is 3.67. The number of ketones is 1. The third-order valence-corrected chi connectivity index (χ3v) is 1.88. The van der Waals surface area contributed by atoms with E-state index in [0.717, 1.165) is 12.8 Å². The Morgan fingerprint density at radius 1 is 1.58 bits per heavy atom. The van der Waals surface area contributed by atoms with Crippen LogP contribution in [0.25, 0.3) is 0 Å². The SMILES string of the molecule is CC(=O)C(CC(=O)O)NC1CC1. The van der Waals surface area contributed by atoms with Crippen LogP contribution < -0.4 is 5.32 Å². The molecule has 12 heavy (non-hydrogen) atoms. The number of carboxylic acids is 1. The highest BCUT2D eigenvalue weighted by atomic mass is 16.4. The summed E-state index contributed by atoms with van der Waals surface area (Å²) in [6.07, 6.45) is 2.01. The minimum atomic E-state index is -0.927. The molecule has 4 nitrogen and oxygen atoms in total. The van der Waals surface area contributed by atoms with Crippen LogP contribution in [0.5, 0.6) is 0 Å². The number of Topliss-reactive ketones (excluding diaryl/α,β-unsaturated/α-hetero) is 1. The van der Waals surface area contributed by atoms with Crippen LogP contribution in [0.3, 0.4) is 0 Å². The van der Waals surface area contributed by atoms with Crippen molar-refractivity contribution >= 4 is 11.8 Å². The Labute approximate surface area is 71.0 Å². The number of hydrogen-bond donors (Lipinski definition) is 2. The fourth-order valence-electron chi connectivity index (χ4n) is 1.03. The van der Waals surface area contributed by atoms with E-state index in [1.807, 2.05) is 0 Å². The quantitative estimate of drug-likeness (QED) is 0.618. The van der Waals surface area contributed by atoms with Gasteiger partial charge in [0.2, 0.25) is 0 Å². The van der Waals surface area contributed by atoms with E-state index in [-0.39, 0.29) is 12.2 Å². The Kier molecular flexibility index (Phi) is 2.81. The van der Waals surface area contributed by atoms with E-state index in [0.29, 0.717) is 6.04 Å². The molecule has 1 aliphatic rings. The maximum atomic E-state index is 10.9. The zero-order chi connectivity index (χ0) is 9.14. The van der Waals surface area contributed by atoms with Crippen molar-refractivity contribution in [3.8, 4) is 0 Å². The Morgan fingerprint density at radius 3 is 2.50 bits per heavy atom. The smallest absolute Gasteiger partial charge is 0.305 e. The predicted octanol–water partition coefficient (Wildman–Crippen LogP) is 0.171. The van der Waals surface area contributed by atoms with E-state index in [1.54, 1.807) is 0 Å². The summed E-state index contributed by atoms with van der Waals surface area (Å²) in [6, 6.07) is -0.117. The van der Waals surface area contributed by atoms with Crippen LogP contribution in [0.2, 0.25) is 0 Å². The van der Waals surface area contributed by atoms with Gasteiger partial charge in [0.1, 0.15) is 5.78 Å². The molecule has 0 bridgehead atoms. The van der Waals surface area contributed by atoms with Gasteiger partial charge in [-0.25, -0.2) is 0 Å². The summed E-state index contributed by atoms with van der Waals surface area (Å²) in [6.45, 7) is 1.42. The lowest BCUT2D eigenvalue weighted by molar-refractivity contribution is -0.139. The summed E-state index contributed by atoms with van der Waals surface area (Å²) >= 11 is 0. The van der Waals surface area contributed by atoms with Crippen LogP contribution in [0.15, 0.2) is 0 Å². The van der Waals surface area contributed by atoms with E-state index < -0.39 is 12.0 Å². The molecule has 0 aromatic rings. The lowest BCUT2D eigenvalue weighted by atomic mass is 10.1. The molecule has 68 valence electrons. The Hall–Kier alpha value is -0.900. The molecule has 1 unspecified atom stereocenters. The van der Waals surface area contributed by atoms with Gasteiger partial charge in [-0.05, 0) is 19.8 Å². The molecule has 2 N–H and O–H groups in total. The molecule has 1 rings (SSSR count). The molecule has 0 saturated heterocycles. The van der Waals surface area contributed by atoms with Crippen molar-refractivity contribution < 1.29 is 14.7 Å². The number of carboxylic acid groups (broad SMARTS) is 1. The number of carbonyl (C=O) groups is 2. The van der Waals surface area contributed by atoms with Gasteiger partial charge in [0.05, 0.1) is 12.5 Å². The van der Waals surface area contributed by atoms with Crippen molar-refractivity contribution in [1.82, 2.24) is 5.32 Å². The van der Waals surface area contributed by atoms with Crippen LogP contribution in [0.4, 0.5) is 0 Å². The Balaban J connectivity index is 2.36. The Morgan fingerprint density at radius 2 is 2.17 bits per heavy atom. The topological polar surface area (TPSA) is 66.4 Å². The predicted molar refractivity (Wildman–Crippen MR) is 42.9 cm³/mol. The minimum Gasteiger partial charge on any atom is -0.481 e. The van der Waals surface area contributed by atoms with Crippen LogP contribution in [-0.4, -0.2) is 28.9 Å². The van der Waals surface area contributed by atoms with Gasteiger partial charge < -0.3 is 10.4 Å². The standard InChI is InChI=1S/C8H13NO3/c1-5(10)7(4-8(11)12)9-6-2-3-6/h6-7,9H,2-4H2,1H3,(H,11,12). The first-order valence-electron chi connectivity index (χ1n) is 4.08. The number of carbonyl (C=O) groups excluding carboxylic acids is 1. The van der Waals surface area contributed by atoms with Crippen LogP contribution in [0, 0.1) is 0 Å². The lowest BCUT2D eigenvalue weighted by Gasteiger charge is -2.12. The van der Waals surface area contributed by atoms with Gasteiger partial charge in [-0.2, -0.15) is 0 Å². The van der Waals surface area contributed by atoms with Crippen LogP contribution in [-0.2, 0) is 9.59 Å². The highest BCUT2D eigenvalue weighted by molar-refractivity contribution is 5.85. The van der Waals surface area contributed by atoms with Crippen molar-refractivity contribution in [2.45, 2.75) is 38.3 Å². The highest BCUT2D eigenvalue weighted by Crippen LogP contribution is 2.20. The van der Waals surface area contributed by atoms with E-state index in [4.69, 9.17) is 5.11 Å². The molecule has 0 aromatic carbocycles. The van der Waals surface area contributed by atoms with Gasteiger partial charge in [-0.1, -0.05) is 0 Å². The van der Waals surface area contributed by atoms with Gasteiger partial charge in [0.15, 0.2) is 0 Å². The number of hydrogen-bond acceptors (Lipinski definition) is 3. The maximum Gasteiger partial charge on any atom is 0.305 e. The summed E-state index contributed by atoms with van der Waals surface area (Å²) < 4.78 is 0. The summed E-state index contributed by atoms with van der Waals surface area (Å²) in [7, 11) is 0. The van der Waals surface area contributed by atoms with E-state index in [9.17, 15) is 9.59 Å². The molecule has 1 saturated carbocycles. The maximum absolute atomic E-state index is 10.9. The molecular formula is C8H13NO3. The first-order valence-corrected chi connectivity index (χ1v) is 4.08. The van der Waals surface area contributed by atoms with Gasteiger partial charge in [-0.15, -0.1) is 0 Å². The van der Waals surface area contributed by atoms with Crippen molar-refractivity contribution in [3.63, 3.8) is 0 Å². The summed E-state index contributed by atoms with van der Waals surface area (Å²) in [5, 5.41) is 11.5. The van der Waals surface area contributed by atoms with Gasteiger partial charge in [0, 0.05) is 6.04 Å². The molecule has 1 fully saturated rings. The highest BCUT2D eigenvalue weighted by Gasteiger charge is 2.27. The summed E-state index contributed by atoms with van der Waals surface area (Å²) in [5.41, 5.74) is 0. The average Bonchev–Trinajstić information content (AvgIpc) is 2.68. The fraction of sp³-hybridized carbons (Fsp3) is 0.750. The number of nitrogens with one attached hydrogen (secondary N) is 1. The molecule has 1 aliphatic carbocycles. The van der Waals surface area contributed by atoms with E-state index >= 15 is 0 Å². The molecule has 4 heteroatoms. The molecule has 0 aliphatic heterocycles. The molecule has 0 aromatic heterocycles. The van der Waals surface area contributed by atoms with Gasteiger partial charge in [0.25, 0.3) is 0 Å². The van der Waals surface area contributed by atoms with Crippen molar-refractivity contribution in [1.29, 1.82) is 0 Å². The van der Waals surface area contributed by atoms with Gasteiger partial charge in [-0.3, -0.25) is 9.59 Å². The fourth-order valence-corrected chi connectivity index (χ4v) is 1.03. The summed E-state index contributed by atoms with van der Waals surface area (Å²) in [4.78, 5) is 21.2. The summed E-state index contributed by atoms with van der Waals surface area (Å²) in [5.74, 6) is -1.02. The first kappa shape index (κ1) is 9.19. The normalized spacial score (nSPS) is 18.8. The lowest BCUT2D eigenvalue weighted by Crippen LogP contribution is -2.38. The zero-order valence-corrected chi connectivity index (χ0v) is 7.04. The number of rotatable bonds is 5. The van der Waals surface area contributed by atoms with Crippen molar-refractivity contribution in [2.24, 2.45) is 0 Å². The molecule has 1 atom stereocenters. The molecule has 0 heterocycles. The van der Waals surface area contributed by atoms with Crippen LogP contribution >= 0.6 is 0 Å². The van der Waals surface area contributed by atoms with E-state index in [1.165, 1.54) is 6.92 Å². The second-order valence-corrected chi connectivity index (χ2v) is 3.20. The molecule has 0 amide bonds. The third-order valence-electron chi connectivity index (χ3n) is 1.88. The van der Waals surface area contributed by atoms with Gasteiger partial charge >= 0.3 is 5.97 Å². The van der Waals surface area contributed by atoms with Crippen molar-refractivity contribution in [3.05, 3.63) is 0 Å². The van der Waals surface area contributed by atoms with Crippen molar-refractivity contribution in [2.75, 3.05) is 0 Å². The largest absolute Gasteiger partial charge is 0.481 e.